The normalized spacial score (nSPS) is 24.6. The fourth-order valence-corrected chi connectivity index (χ4v) is 6.42. The molecule has 220 valence electrons. The summed E-state index contributed by atoms with van der Waals surface area (Å²) >= 11 is 0. The van der Waals surface area contributed by atoms with Crippen LogP contribution >= 0.6 is 0 Å². The Morgan fingerprint density at radius 3 is 2.20 bits per heavy atom. The quantitative estimate of drug-likeness (QED) is 0.261. The van der Waals surface area contributed by atoms with Gasteiger partial charge in [-0.25, -0.2) is 4.39 Å². The average Bonchev–Trinajstić information content (AvgIpc) is 3.55. The number of alkyl halides is 6. The number of hydrogen-bond donors (Lipinski definition) is 0. The molecule has 3 aromatic rings. The van der Waals surface area contributed by atoms with Crippen molar-refractivity contribution in [2.24, 2.45) is 5.92 Å². The van der Waals surface area contributed by atoms with Crippen molar-refractivity contribution >= 4 is 0 Å². The molecule has 5 rings (SSSR count). The minimum Gasteiger partial charge on any atom is -0.370 e. The predicted octanol–water partition coefficient (Wildman–Crippen LogP) is 8.74. The number of hydrogen-bond acceptors (Lipinski definition) is 3. The van der Waals surface area contributed by atoms with Gasteiger partial charge in [-0.05, 0) is 98.2 Å². The lowest BCUT2D eigenvalue weighted by molar-refractivity contribution is -0.143. The van der Waals surface area contributed by atoms with E-state index < -0.39 is 41.5 Å². The maximum absolute atomic E-state index is 13.8. The summed E-state index contributed by atoms with van der Waals surface area (Å²) in [6, 6.07) is 11.8. The molecule has 0 N–H and O–H groups in total. The van der Waals surface area contributed by atoms with Crippen molar-refractivity contribution in [3.05, 3.63) is 101 Å². The van der Waals surface area contributed by atoms with Crippen LogP contribution in [0.4, 0.5) is 30.7 Å². The fourth-order valence-electron chi connectivity index (χ4n) is 6.42. The van der Waals surface area contributed by atoms with Gasteiger partial charge in [0.05, 0.1) is 23.3 Å². The maximum Gasteiger partial charge on any atom is 0.416 e. The van der Waals surface area contributed by atoms with E-state index >= 15 is 0 Å². The molecule has 2 fully saturated rings. The van der Waals surface area contributed by atoms with Gasteiger partial charge in [0.25, 0.3) is 0 Å². The van der Waals surface area contributed by atoms with Crippen LogP contribution in [0.2, 0.25) is 0 Å². The van der Waals surface area contributed by atoms with Gasteiger partial charge in [0, 0.05) is 30.9 Å². The molecule has 0 amide bonds. The summed E-state index contributed by atoms with van der Waals surface area (Å²) < 4.78 is 101. The van der Waals surface area contributed by atoms with Crippen LogP contribution in [0, 0.1) is 11.7 Å². The van der Waals surface area contributed by atoms with Crippen molar-refractivity contribution < 1.29 is 35.5 Å². The average molecular weight is 581 g/mol. The zero-order chi connectivity index (χ0) is 29.4. The number of ether oxygens (including phenoxy) is 1. The number of pyridine rings is 1. The summed E-state index contributed by atoms with van der Waals surface area (Å²) in [6.07, 6.45) is -4.42. The zero-order valence-corrected chi connectivity index (χ0v) is 22.4. The smallest absolute Gasteiger partial charge is 0.370 e. The van der Waals surface area contributed by atoms with E-state index in [4.69, 9.17) is 4.74 Å². The van der Waals surface area contributed by atoms with Crippen LogP contribution in [0.25, 0.3) is 0 Å². The molecule has 0 spiro atoms. The van der Waals surface area contributed by atoms with E-state index in [1.54, 1.807) is 18.3 Å². The first-order chi connectivity index (χ1) is 19.4. The van der Waals surface area contributed by atoms with Crippen LogP contribution in [0.1, 0.15) is 78.5 Å². The third kappa shape index (κ3) is 6.75. The topological polar surface area (TPSA) is 25.4 Å². The molecule has 3 nitrogen and oxygen atoms in total. The summed E-state index contributed by atoms with van der Waals surface area (Å²) in [7, 11) is 0. The lowest BCUT2D eigenvalue weighted by Crippen LogP contribution is -2.32. The number of benzene rings is 2. The third-order valence-electron chi connectivity index (χ3n) is 8.35. The molecule has 1 saturated heterocycles. The molecular weight excluding hydrogens is 549 g/mol. The van der Waals surface area contributed by atoms with Gasteiger partial charge < -0.3 is 4.74 Å². The number of likely N-dealkylation sites (tertiary alicyclic amines) is 1. The predicted molar refractivity (Wildman–Crippen MR) is 139 cm³/mol. The highest BCUT2D eigenvalue weighted by molar-refractivity contribution is 5.35. The van der Waals surface area contributed by atoms with Crippen molar-refractivity contribution in [1.82, 2.24) is 9.88 Å². The van der Waals surface area contributed by atoms with Crippen molar-refractivity contribution in [2.75, 3.05) is 13.1 Å². The Hall–Kier alpha value is -2.98. The number of nitrogens with zero attached hydrogens (tertiary/aromatic N) is 2. The Kier molecular flexibility index (Phi) is 8.43. The van der Waals surface area contributed by atoms with E-state index in [2.05, 4.69) is 16.0 Å². The lowest BCUT2D eigenvalue weighted by atomic mass is 9.86. The van der Waals surface area contributed by atoms with E-state index in [9.17, 15) is 30.7 Å². The number of aromatic nitrogens is 1. The Bertz CT molecular complexity index is 1280. The van der Waals surface area contributed by atoms with Crippen molar-refractivity contribution in [1.29, 1.82) is 0 Å². The molecule has 1 saturated carbocycles. The molecule has 2 aliphatic rings. The van der Waals surface area contributed by atoms with E-state index in [1.807, 2.05) is 12.3 Å². The fraction of sp³-hybridized carbons (Fsp3) is 0.452. The molecule has 0 radical (unpaired) electrons. The summed E-state index contributed by atoms with van der Waals surface area (Å²) in [5, 5.41) is 0. The monoisotopic (exact) mass is 580 g/mol. The van der Waals surface area contributed by atoms with Gasteiger partial charge in [-0.1, -0.05) is 18.2 Å². The van der Waals surface area contributed by atoms with E-state index in [0.717, 1.165) is 55.6 Å². The molecule has 1 unspecified atom stereocenters. The van der Waals surface area contributed by atoms with Crippen LogP contribution in [0.3, 0.4) is 0 Å². The second-order valence-corrected chi connectivity index (χ2v) is 11.0. The minimum absolute atomic E-state index is 0.0992. The summed E-state index contributed by atoms with van der Waals surface area (Å²) in [4.78, 5) is 6.67. The molecule has 1 aromatic heterocycles. The highest BCUT2D eigenvalue weighted by atomic mass is 19.4. The van der Waals surface area contributed by atoms with Crippen LogP contribution in [0.5, 0.6) is 0 Å². The van der Waals surface area contributed by atoms with Crippen LogP contribution in [-0.4, -0.2) is 29.1 Å². The molecule has 2 heterocycles. The second-order valence-electron chi connectivity index (χ2n) is 11.0. The molecule has 1 aliphatic carbocycles. The minimum atomic E-state index is -4.94. The SMILES string of the molecule is C[C@@H](O[C@H]1CC[C@@H](CN2CCCC2c2cccnc2)[C@@H]1c1ccc(F)cc1)c1cc(C(F)(F)F)cc(C(F)(F)F)c1. The van der Waals surface area contributed by atoms with Gasteiger partial charge in [0.15, 0.2) is 0 Å². The zero-order valence-electron chi connectivity index (χ0n) is 22.4. The van der Waals surface area contributed by atoms with E-state index in [0.29, 0.717) is 6.42 Å². The molecule has 5 atom stereocenters. The lowest BCUT2D eigenvalue weighted by Gasteiger charge is -2.33. The van der Waals surface area contributed by atoms with Crippen molar-refractivity contribution in [2.45, 2.75) is 69.1 Å². The molecular formula is C31H31F7N2O. The molecule has 41 heavy (non-hydrogen) atoms. The molecule has 0 bridgehead atoms. The number of halogens is 7. The van der Waals surface area contributed by atoms with Crippen LogP contribution in [-0.2, 0) is 17.1 Å². The van der Waals surface area contributed by atoms with Gasteiger partial charge in [0.2, 0.25) is 0 Å². The van der Waals surface area contributed by atoms with Gasteiger partial charge >= 0.3 is 12.4 Å². The first kappa shape index (κ1) is 29.5. The highest BCUT2D eigenvalue weighted by Gasteiger charge is 2.42. The van der Waals surface area contributed by atoms with Gasteiger partial charge in [-0.15, -0.1) is 0 Å². The Morgan fingerprint density at radius 1 is 0.902 bits per heavy atom. The van der Waals surface area contributed by atoms with Crippen LogP contribution < -0.4 is 0 Å². The van der Waals surface area contributed by atoms with Crippen molar-refractivity contribution in [3.63, 3.8) is 0 Å². The summed E-state index contributed by atoms with van der Waals surface area (Å²) in [5.74, 6) is -0.503. The molecule has 1 aliphatic heterocycles. The summed E-state index contributed by atoms with van der Waals surface area (Å²) in [6.45, 7) is 3.11. The third-order valence-corrected chi connectivity index (χ3v) is 8.35. The van der Waals surface area contributed by atoms with Gasteiger partial charge in [0.1, 0.15) is 5.82 Å². The summed E-state index contributed by atoms with van der Waals surface area (Å²) in [5.41, 5.74) is -0.957. The first-order valence-corrected chi connectivity index (χ1v) is 13.7. The van der Waals surface area contributed by atoms with Crippen molar-refractivity contribution in [3.8, 4) is 0 Å². The van der Waals surface area contributed by atoms with Gasteiger partial charge in [-0.3, -0.25) is 9.88 Å². The Morgan fingerprint density at radius 2 is 1.59 bits per heavy atom. The first-order valence-electron chi connectivity index (χ1n) is 13.7. The van der Waals surface area contributed by atoms with Gasteiger partial charge in [-0.2, -0.15) is 26.3 Å². The second kappa shape index (κ2) is 11.7. The Balaban J connectivity index is 1.41. The van der Waals surface area contributed by atoms with E-state index in [-0.39, 0.29) is 29.5 Å². The Labute approximate surface area is 234 Å². The highest BCUT2D eigenvalue weighted by Crippen LogP contribution is 2.46. The molecule has 10 heteroatoms. The van der Waals surface area contributed by atoms with E-state index in [1.165, 1.54) is 19.1 Å². The number of rotatable bonds is 7. The standard InChI is InChI=1S/C31H31F7N2O/c1-19(23-14-24(30(33,34)35)16-25(15-23)31(36,37)38)41-28-11-8-22(29(28)20-6-9-26(32)10-7-20)18-40-13-3-5-27(40)21-4-2-12-39-17-21/h2,4,6-7,9-10,12,14-17,19,22,27-29H,3,5,8,11,13,18H2,1H3/t19-,22+,27?,28+,29+/m1/s1. The maximum atomic E-state index is 13.8. The molecule has 2 aromatic carbocycles. The van der Waals surface area contributed by atoms with Crippen LogP contribution in [0.15, 0.2) is 67.0 Å². The largest absolute Gasteiger partial charge is 0.416 e.